The molecule has 1 rings (SSSR count). The smallest absolute Gasteiger partial charge is 0.228 e. The van der Waals surface area contributed by atoms with Gasteiger partial charge in [-0.15, -0.1) is 11.8 Å². The van der Waals surface area contributed by atoms with Crippen molar-refractivity contribution in [2.45, 2.75) is 43.9 Å². The van der Waals surface area contributed by atoms with Crippen molar-refractivity contribution >= 4 is 35.0 Å². The standard InChI is InChI=1S/C14H21ClN2OS/c1-8(2)19-13-11(15)6-5-7-12(13)17-14(18)9(3)10(4)16/h5-10H,16H2,1-4H3,(H,17,18). The van der Waals surface area contributed by atoms with Crippen LogP contribution in [-0.4, -0.2) is 17.2 Å². The van der Waals surface area contributed by atoms with E-state index in [1.165, 1.54) is 0 Å². The Labute approximate surface area is 124 Å². The monoisotopic (exact) mass is 300 g/mol. The number of hydrogen-bond acceptors (Lipinski definition) is 3. The van der Waals surface area contributed by atoms with Gasteiger partial charge in [-0.05, 0) is 19.1 Å². The van der Waals surface area contributed by atoms with Crippen LogP contribution in [0.5, 0.6) is 0 Å². The van der Waals surface area contributed by atoms with Crippen LogP contribution in [0.4, 0.5) is 5.69 Å². The first-order chi connectivity index (χ1) is 8.82. The fourth-order valence-corrected chi connectivity index (χ4v) is 2.65. The Morgan fingerprint density at radius 1 is 1.32 bits per heavy atom. The van der Waals surface area contributed by atoms with Crippen LogP contribution < -0.4 is 11.1 Å². The maximum absolute atomic E-state index is 12.1. The van der Waals surface area contributed by atoms with Crippen molar-refractivity contribution in [2.75, 3.05) is 5.32 Å². The Bertz CT molecular complexity index is 449. The van der Waals surface area contributed by atoms with E-state index in [4.69, 9.17) is 17.3 Å². The summed E-state index contributed by atoms with van der Waals surface area (Å²) in [6.45, 7) is 7.82. The summed E-state index contributed by atoms with van der Waals surface area (Å²) in [7, 11) is 0. The molecule has 1 amide bonds. The molecule has 1 aromatic rings. The molecule has 3 nitrogen and oxygen atoms in total. The summed E-state index contributed by atoms with van der Waals surface area (Å²) in [6.07, 6.45) is 0. The number of thioether (sulfide) groups is 1. The summed E-state index contributed by atoms with van der Waals surface area (Å²) in [5, 5.41) is 3.96. The minimum atomic E-state index is -0.240. The molecule has 0 aliphatic carbocycles. The molecule has 0 aliphatic rings. The molecule has 2 atom stereocenters. The highest BCUT2D eigenvalue weighted by molar-refractivity contribution is 8.00. The van der Waals surface area contributed by atoms with Crippen LogP contribution in [0.2, 0.25) is 5.02 Å². The molecule has 0 saturated carbocycles. The zero-order valence-corrected chi connectivity index (χ0v) is 13.3. The van der Waals surface area contributed by atoms with E-state index < -0.39 is 0 Å². The Kier molecular flexibility index (Phi) is 6.17. The SMILES string of the molecule is CC(C)Sc1c(Cl)cccc1NC(=O)C(C)C(C)N. The largest absolute Gasteiger partial charge is 0.327 e. The first-order valence-electron chi connectivity index (χ1n) is 6.34. The van der Waals surface area contributed by atoms with E-state index >= 15 is 0 Å². The highest BCUT2D eigenvalue weighted by Crippen LogP contribution is 2.36. The van der Waals surface area contributed by atoms with Crippen LogP contribution in [0, 0.1) is 5.92 Å². The molecule has 0 aliphatic heterocycles. The highest BCUT2D eigenvalue weighted by Gasteiger charge is 2.19. The zero-order chi connectivity index (χ0) is 14.6. The van der Waals surface area contributed by atoms with E-state index in [0.717, 1.165) is 10.6 Å². The van der Waals surface area contributed by atoms with Gasteiger partial charge in [0.05, 0.1) is 16.6 Å². The number of hydrogen-bond donors (Lipinski definition) is 2. The number of amides is 1. The molecule has 0 bridgehead atoms. The Morgan fingerprint density at radius 3 is 2.47 bits per heavy atom. The number of halogens is 1. The lowest BCUT2D eigenvalue weighted by Gasteiger charge is -2.18. The molecular formula is C14H21ClN2OS. The predicted octanol–water partition coefficient (Wildman–Crippen LogP) is 3.76. The van der Waals surface area contributed by atoms with E-state index in [1.54, 1.807) is 11.8 Å². The van der Waals surface area contributed by atoms with E-state index in [-0.39, 0.29) is 17.9 Å². The normalized spacial score (nSPS) is 14.3. The Hall–Kier alpha value is -0.710. The summed E-state index contributed by atoms with van der Waals surface area (Å²) in [4.78, 5) is 13.0. The van der Waals surface area contributed by atoms with Gasteiger partial charge in [-0.3, -0.25) is 4.79 Å². The van der Waals surface area contributed by atoms with Crippen LogP contribution in [0.15, 0.2) is 23.1 Å². The van der Waals surface area contributed by atoms with Crippen molar-refractivity contribution in [3.63, 3.8) is 0 Å². The Balaban J connectivity index is 2.94. The number of nitrogens with one attached hydrogen (secondary N) is 1. The predicted molar refractivity (Wildman–Crippen MR) is 83.9 cm³/mol. The molecule has 1 aromatic carbocycles. The third-order valence-electron chi connectivity index (χ3n) is 2.78. The van der Waals surface area contributed by atoms with Crippen molar-refractivity contribution in [3.8, 4) is 0 Å². The van der Waals surface area contributed by atoms with E-state index in [2.05, 4.69) is 19.2 Å². The quantitative estimate of drug-likeness (QED) is 0.814. The van der Waals surface area contributed by atoms with Gasteiger partial charge in [-0.2, -0.15) is 0 Å². The van der Waals surface area contributed by atoms with Crippen LogP contribution in [0.3, 0.4) is 0 Å². The summed E-state index contributed by atoms with van der Waals surface area (Å²) < 4.78 is 0. The minimum absolute atomic E-state index is 0.0807. The molecule has 5 heteroatoms. The lowest BCUT2D eigenvalue weighted by Crippen LogP contribution is -2.34. The molecule has 0 spiro atoms. The summed E-state index contributed by atoms with van der Waals surface area (Å²) >= 11 is 7.84. The van der Waals surface area contributed by atoms with Crippen molar-refractivity contribution in [3.05, 3.63) is 23.2 Å². The van der Waals surface area contributed by atoms with Gasteiger partial charge >= 0.3 is 0 Å². The fraction of sp³-hybridized carbons (Fsp3) is 0.500. The molecule has 0 radical (unpaired) electrons. The number of nitrogens with two attached hydrogens (primary N) is 1. The van der Waals surface area contributed by atoms with Crippen molar-refractivity contribution in [1.82, 2.24) is 0 Å². The first-order valence-corrected chi connectivity index (χ1v) is 7.60. The molecule has 0 saturated heterocycles. The molecule has 3 N–H and O–H groups in total. The van der Waals surface area contributed by atoms with Gasteiger partial charge < -0.3 is 11.1 Å². The highest BCUT2D eigenvalue weighted by atomic mass is 35.5. The molecule has 0 heterocycles. The second-order valence-corrected chi connectivity index (χ2v) is 6.91. The second kappa shape index (κ2) is 7.17. The van der Waals surface area contributed by atoms with E-state index in [1.807, 2.05) is 32.0 Å². The third kappa shape index (κ3) is 4.71. The number of rotatable bonds is 5. The van der Waals surface area contributed by atoms with Crippen molar-refractivity contribution < 1.29 is 4.79 Å². The topological polar surface area (TPSA) is 55.1 Å². The maximum atomic E-state index is 12.1. The zero-order valence-electron chi connectivity index (χ0n) is 11.7. The van der Waals surface area contributed by atoms with Gasteiger partial charge in [0.2, 0.25) is 5.91 Å². The minimum Gasteiger partial charge on any atom is -0.327 e. The lowest BCUT2D eigenvalue weighted by molar-refractivity contribution is -0.119. The molecule has 2 unspecified atom stereocenters. The fourth-order valence-electron chi connectivity index (χ4n) is 1.45. The molecular weight excluding hydrogens is 280 g/mol. The van der Waals surface area contributed by atoms with Gasteiger partial charge in [-0.25, -0.2) is 0 Å². The number of benzene rings is 1. The van der Waals surface area contributed by atoms with Crippen molar-refractivity contribution in [1.29, 1.82) is 0 Å². The lowest BCUT2D eigenvalue weighted by atomic mass is 10.0. The summed E-state index contributed by atoms with van der Waals surface area (Å²) in [5.41, 5.74) is 6.50. The molecule has 0 fully saturated rings. The average Bonchev–Trinajstić information content (AvgIpc) is 2.32. The van der Waals surface area contributed by atoms with Crippen LogP contribution >= 0.6 is 23.4 Å². The number of anilines is 1. The van der Waals surface area contributed by atoms with Gasteiger partial charge in [0, 0.05) is 16.2 Å². The van der Waals surface area contributed by atoms with Gasteiger partial charge in [-0.1, -0.05) is 38.4 Å². The van der Waals surface area contributed by atoms with Gasteiger partial charge in [0.1, 0.15) is 0 Å². The Morgan fingerprint density at radius 2 is 1.95 bits per heavy atom. The van der Waals surface area contributed by atoms with E-state index in [9.17, 15) is 4.79 Å². The molecule has 19 heavy (non-hydrogen) atoms. The summed E-state index contributed by atoms with van der Waals surface area (Å²) in [5.74, 6) is -0.321. The van der Waals surface area contributed by atoms with Gasteiger partial charge in [0.15, 0.2) is 0 Å². The summed E-state index contributed by atoms with van der Waals surface area (Å²) in [6, 6.07) is 5.35. The van der Waals surface area contributed by atoms with Crippen LogP contribution in [-0.2, 0) is 4.79 Å². The average molecular weight is 301 g/mol. The van der Waals surface area contributed by atoms with Crippen LogP contribution in [0.1, 0.15) is 27.7 Å². The number of carbonyl (C=O) groups is 1. The van der Waals surface area contributed by atoms with Gasteiger partial charge in [0.25, 0.3) is 0 Å². The molecule has 0 aromatic heterocycles. The number of carbonyl (C=O) groups excluding carboxylic acids is 1. The van der Waals surface area contributed by atoms with Crippen LogP contribution in [0.25, 0.3) is 0 Å². The first kappa shape index (κ1) is 16.3. The second-order valence-electron chi connectivity index (χ2n) is 4.92. The molecule has 106 valence electrons. The van der Waals surface area contributed by atoms with Crippen molar-refractivity contribution in [2.24, 2.45) is 11.7 Å². The maximum Gasteiger partial charge on any atom is 0.228 e. The third-order valence-corrected chi connectivity index (χ3v) is 4.35. The van der Waals surface area contributed by atoms with E-state index in [0.29, 0.717) is 10.3 Å².